The van der Waals surface area contributed by atoms with Crippen molar-refractivity contribution in [3.8, 4) is 5.75 Å². The van der Waals surface area contributed by atoms with Crippen LogP contribution >= 0.6 is 0 Å². The Balaban J connectivity index is 1.58. The molecule has 0 aromatic heterocycles. The number of hydrogen-bond acceptors (Lipinski definition) is 4. The first kappa shape index (κ1) is 17.7. The number of nitrogens with zero attached hydrogens (tertiary/aromatic N) is 1. The molecule has 0 atom stereocenters. The second-order valence-electron chi connectivity index (χ2n) is 6.51. The largest absolute Gasteiger partial charge is 0.488 e. The van der Waals surface area contributed by atoms with Crippen LogP contribution in [0, 0.1) is 6.92 Å². The van der Waals surface area contributed by atoms with Crippen molar-refractivity contribution in [2.75, 3.05) is 0 Å². The Morgan fingerprint density at radius 1 is 0.929 bits per heavy atom. The van der Waals surface area contributed by atoms with Gasteiger partial charge in [0, 0.05) is 11.1 Å². The van der Waals surface area contributed by atoms with Crippen molar-refractivity contribution in [3.63, 3.8) is 0 Å². The van der Waals surface area contributed by atoms with Crippen molar-refractivity contribution >= 4 is 17.9 Å². The van der Waals surface area contributed by atoms with E-state index >= 15 is 0 Å². The molecule has 1 heterocycles. The maximum Gasteiger partial charge on any atom is 0.363 e. The molecule has 0 saturated heterocycles. The van der Waals surface area contributed by atoms with Gasteiger partial charge in [-0.2, -0.15) is 0 Å². The molecule has 0 saturated carbocycles. The number of rotatable bonds is 5. The monoisotopic (exact) mass is 369 g/mol. The number of esters is 1. The third kappa shape index (κ3) is 4.01. The minimum absolute atomic E-state index is 0.256. The van der Waals surface area contributed by atoms with Crippen molar-refractivity contribution in [2.45, 2.75) is 13.5 Å². The lowest BCUT2D eigenvalue weighted by atomic mass is 10.1. The summed E-state index contributed by atoms with van der Waals surface area (Å²) in [6.45, 7) is 2.45. The summed E-state index contributed by atoms with van der Waals surface area (Å²) in [5.41, 5.74) is 4.01. The highest BCUT2D eigenvalue weighted by Gasteiger charge is 2.24. The van der Waals surface area contributed by atoms with E-state index in [1.54, 1.807) is 6.08 Å². The van der Waals surface area contributed by atoms with Gasteiger partial charge in [0.1, 0.15) is 12.4 Å². The molecule has 0 amide bonds. The van der Waals surface area contributed by atoms with Gasteiger partial charge < -0.3 is 9.47 Å². The third-order valence-electron chi connectivity index (χ3n) is 4.37. The van der Waals surface area contributed by atoms with E-state index in [-0.39, 0.29) is 5.70 Å². The highest BCUT2D eigenvalue weighted by atomic mass is 16.6. The Kier molecular flexibility index (Phi) is 5.02. The molecule has 0 radical (unpaired) electrons. The lowest BCUT2D eigenvalue weighted by Crippen LogP contribution is -2.05. The Bertz CT molecular complexity index is 1050. The molecule has 0 fully saturated rings. The molecular weight excluding hydrogens is 350 g/mol. The third-order valence-corrected chi connectivity index (χ3v) is 4.37. The molecule has 28 heavy (non-hydrogen) atoms. The molecule has 138 valence electrons. The van der Waals surface area contributed by atoms with Gasteiger partial charge in [0.05, 0.1) is 0 Å². The summed E-state index contributed by atoms with van der Waals surface area (Å²) in [5.74, 6) is 0.540. The standard InChI is InChI=1S/C24H19NO3/c1-17-11-13-19(14-12-17)23-25-21(24(26)28-23)15-20-9-5-6-10-22(20)27-16-18-7-3-2-4-8-18/h2-15H,16H2,1H3. The maximum atomic E-state index is 12.3. The summed E-state index contributed by atoms with van der Waals surface area (Å²) < 4.78 is 11.3. The van der Waals surface area contributed by atoms with Crippen molar-refractivity contribution in [1.29, 1.82) is 0 Å². The van der Waals surface area contributed by atoms with Crippen LogP contribution < -0.4 is 4.74 Å². The Morgan fingerprint density at radius 3 is 2.43 bits per heavy atom. The number of ether oxygens (including phenoxy) is 2. The van der Waals surface area contributed by atoms with E-state index in [1.165, 1.54) is 0 Å². The highest BCUT2D eigenvalue weighted by molar-refractivity contribution is 6.12. The smallest absolute Gasteiger partial charge is 0.363 e. The van der Waals surface area contributed by atoms with Crippen LogP contribution in [0.1, 0.15) is 22.3 Å². The summed E-state index contributed by atoms with van der Waals surface area (Å²) >= 11 is 0. The quantitative estimate of drug-likeness (QED) is 0.474. The van der Waals surface area contributed by atoms with E-state index in [2.05, 4.69) is 4.99 Å². The molecule has 0 unspecified atom stereocenters. The Hall–Kier alpha value is -3.66. The zero-order valence-corrected chi connectivity index (χ0v) is 15.5. The fourth-order valence-corrected chi connectivity index (χ4v) is 2.84. The van der Waals surface area contributed by atoms with E-state index in [1.807, 2.05) is 85.8 Å². The molecule has 0 N–H and O–H groups in total. The number of aliphatic imine (C=N–C) groups is 1. The molecule has 0 bridgehead atoms. The van der Waals surface area contributed by atoms with E-state index in [0.29, 0.717) is 18.3 Å². The van der Waals surface area contributed by atoms with Crippen LogP contribution in [0.2, 0.25) is 0 Å². The second-order valence-corrected chi connectivity index (χ2v) is 6.51. The van der Waals surface area contributed by atoms with Crippen LogP contribution in [0.15, 0.2) is 89.6 Å². The van der Waals surface area contributed by atoms with E-state index in [0.717, 1.165) is 22.3 Å². The molecule has 4 heteroatoms. The first-order valence-corrected chi connectivity index (χ1v) is 9.04. The SMILES string of the molecule is Cc1ccc(C2=NC(=Cc3ccccc3OCc3ccccc3)C(=O)O2)cc1. The van der Waals surface area contributed by atoms with Gasteiger partial charge in [-0.15, -0.1) is 0 Å². The molecular formula is C24H19NO3. The first-order chi connectivity index (χ1) is 13.7. The fourth-order valence-electron chi connectivity index (χ4n) is 2.84. The van der Waals surface area contributed by atoms with E-state index < -0.39 is 5.97 Å². The number of cyclic esters (lactones) is 1. The van der Waals surface area contributed by atoms with Gasteiger partial charge >= 0.3 is 5.97 Å². The predicted octanol–water partition coefficient (Wildman–Crippen LogP) is 4.92. The van der Waals surface area contributed by atoms with Crippen LogP contribution in [-0.4, -0.2) is 11.9 Å². The topological polar surface area (TPSA) is 47.9 Å². The molecule has 0 spiro atoms. The van der Waals surface area contributed by atoms with Crippen molar-refractivity contribution in [1.82, 2.24) is 0 Å². The van der Waals surface area contributed by atoms with Crippen molar-refractivity contribution in [2.24, 2.45) is 4.99 Å². The van der Waals surface area contributed by atoms with Crippen molar-refractivity contribution < 1.29 is 14.3 Å². The lowest BCUT2D eigenvalue weighted by molar-refractivity contribution is -0.129. The summed E-state index contributed by atoms with van der Waals surface area (Å²) in [4.78, 5) is 16.6. The van der Waals surface area contributed by atoms with Gasteiger partial charge in [0.25, 0.3) is 0 Å². The number of benzene rings is 3. The molecule has 4 nitrogen and oxygen atoms in total. The molecule has 1 aliphatic heterocycles. The molecule has 0 aliphatic carbocycles. The van der Waals surface area contributed by atoms with Crippen LogP contribution in [-0.2, 0) is 16.1 Å². The van der Waals surface area contributed by atoms with Gasteiger partial charge in [-0.05, 0) is 36.8 Å². The normalized spacial score (nSPS) is 14.7. The minimum atomic E-state index is -0.464. The number of hydrogen-bond donors (Lipinski definition) is 0. The number of para-hydroxylation sites is 1. The summed E-state index contributed by atoms with van der Waals surface area (Å²) in [6, 6.07) is 25.2. The molecule has 1 aliphatic rings. The zero-order chi connectivity index (χ0) is 19.3. The van der Waals surface area contributed by atoms with Crippen LogP contribution in [0.25, 0.3) is 6.08 Å². The van der Waals surface area contributed by atoms with Gasteiger partial charge in [-0.25, -0.2) is 9.79 Å². The Labute approximate surface area is 163 Å². The highest BCUT2D eigenvalue weighted by Crippen LogP contribution is 2.25. The van der Waals surface area contributed by atoms with Gasteiger partial charge in [0.2, 0.25) is 5.90 Å². The summed E-state index contributed by atoms with van der Waals surface area (Å²) in [6.07, 6.45) is 1.70. The minimum Gasteiger partial charge on any atom is -0.488 e. The second kappa shape index (κ2) is 7.92. The number of aryl methyl sites for hydroxylation is 1. The van der Waals surface area contributed by atoms with Gasteiger partial charge in [0.15, 0.2) is 5.70 Å². The van der Waals surface area contributed by atoms with Crippen LogP contribution in [0.3, 0.4) is 0 Å². The first-order valence-electron chi connectivity index (χ1n) is 9.04. The molecule has 3 aromatic rings. The van der Waals surface area contributed by atoms with Crippen LogP contribution in [0.4, 0.5) is 0 Å². The number of carbonyl (C=O) groups excluding carboxylic acids is 1. The average molecular weight is 369 g/mol. The van der Waals surface area contributed by atoms with E-state index in [4.69, 9.17) is 9.47 Å². The lowest BCUT2D eigenvalue weighted by Gasteiger charge is -2.09. The van der Waals surface area contributed by atoms with Gasteiger partial charge in [-0.1, -0.05) is 66.2 Å². The maximum absolute atomic E-state index is 12.3. The summed E-state index contributed by atoms with van der Waals surface area (Å²) in [7, 11) is 0. The Morgan fingerprint density at radius 2 is 1.64 bits per heavy atom. The fraction of sp³-hybridized carbons (Fsp3) is 0.0833. The van der Waals surface area contributed by atoms with E-state index in [9.17, 15) is 4.79 Å². The zero-order valence-electron chi connectivity index (χ0n) is 15.5. The van der Waals surface area contributed by atoms with Crippen molar-refractivity contribution in [3.05, 3.63) is 107 Å². The van der Waals surface area contributed by atoms with Gasteiger partial charge in [-0.3, -0.25) is 0 Å². The average Bonchev–Trinajstić information content (AvgIpc) is 3.09. The molecule has 3 aromatic carbocycles. The summed E-state index contributed by atoms with van der Waals surface area (Å²) in [5, 5.41) is 0. The number of carbonyl (C=O) groups is 1. The predicted molar refractivity (Wildman–Crippen MR) is 109 cm³/mol. The molecule has 4 rings (SSSR count). The van der Waals surface area contributed by atoms with Crippen LogP contribution in [0.5, 0.6) is 5.75 Å².